The quantitative estimate of drug-likeness (QED) is 0.891. The van der Waals surface area contributed by atoms with Crippen molar-refractivity contribution in [2.24, 2.45) is 0 Å². The van der Waals surface area contributed by atoms with Crippen molar-refractivity contribution < 1.29 is 9.18 Å². The van der Waals surface area contributed by atoms with Crippen LogP contribution in [0.25, 0.3) is 0 Å². The first-order chi connectivity index (χ1) is 9.11. The zero-order valence-corrected chi connectivity index (χ0v) is 12.0. The summed E-state index contributed by atoms with van der Waals surface area (Å²) in [6, 6.07) is 11.6. The van der Waals surface area contributed by atoms with Gasteiger partial charge in [-0.3, -0.25) is 4.79 Å². The van der Waals surface area contributed by atoms with E-state index in [1.165, 1.54) is 12.1 Å². The fourth-order valence-corrected chi connectivity index (χ4v) is 2.24. The van der Waals surface area contributed by atoms with Crippen LogP contribution in [0.15, 0.2) is 46.9 Å². The highest BCUT2D eigenvalue weighted by atomic mass is 79.9. The van der Waals surface area contributed by atoms with E-state index >= 15 is 0 Å². The van der Waals surface area contributed by atoms with Gasteiger partial charge in [0.1, 0.15) is 5.82 Å². The van der Waals surface area contributed by atoms with Gasteiger partial charge in [0.25, 0.3) is 5.91 Å². The van der Waals surface area contributed by atoms with E-state index in [0.29, 0.717) is 5.69 Å². The Labute approximate surface area is 119 Å². The summed E-state index contributed by atoms with van der Waals surface area (Å²) in [6.45, 7) is 2.05. The lowest BCUT2D eigenvalue weighted by Crippen LogP contribution is -2.14. The van der Waals surface area contributed by atoms with Gasteiger partial charge in [-0.25, -0.2) is 4.39 Å². The molecule has 1 amide bonds. The molecular weight excluding hydrogens is 309 g/mol. The third kappa shape index (κ3) is 3.20. The summed E-state index contributed by atoms with van der Waals surface area (Å²) in [5.41, 5.74) is 1.83. The molecule has 0 aromatic heterocycles. The third-order valence-electron chi connectivity index (χ3n) is 2.81. The van der Waals surface area contributed by atoms with E-state index in [0.717, 1.165) is 16.5 Å². The first-order valence-electron chi connectivity index (χ1n) is 5.96. The van der Waals surface area contributed by atoms with Gasteiger partial charge in [0.05, 0.1) is 11.3 Å². The van der Waals surface area contributed by atoms with Crippen molar-refractivity contribution in [3.8, 4) is 0 Å². The molecule has 98 valence electrons. The van der Waals surface area contributed by atoms with Gasteiger partial charge in [0.15, 0.2) is 0 Å². The Bertz CT molecular complexity index is 613. The van der Waals surface area contributed by atoms with Gasteiger partial charge in [-0.2, -0.15) is 0 Å². The van der Waals surface area contributed by atoms with Crippen molar-refractivity contribution in [2.75, 3.05) is 5.32 Å². The maximum Gasteiger partial charge on any atom is 0.258 e. The highest BCUT2D eigenvalue weighted by Gasteiger charge is 2.12. The van der Waals surface area contributed by atoms with E-state index in [4.69, 9.17) is 0 Å². The second-order valence-corrected chi connectivity index (χ2v) is 4.96. The highest BCUT2D eigenvalue weighted by Crippen LogP contribution is 2.24. The first-order valence-corrected chi connectivity index (χ1v) is 6.75. The van der Waals surface area contributed by atoms with Crippen LogP contribution in [-0.4, -0.2) is 5.91 Å². The summed E-state index contributed by atoms with van der Waals surface area (Å²) in [4.78, 5) is 12.0. The fourth-order valence-electron chi connectivity index (χ4n) is 1.71. The van der Waals surface area contributed by atoms with E-state index in [2.05, 4.69) is 28.2 Å². The minimum absolute atomic E-state index is 0.0361. The van der Waals surface area contributed by atoms with Gasteiger partial charge in [-0.1, -0.05) is 25.1 Å². The third-order valence-corrected chi connectivity index (χ3v) is 3.46. The van der Waals surface area contributed by atoms with Gasteiger partial charge >= 0.3 is 0 Å². The lowest BCUT2D eigenvalue weighted by Gasteiger charge is -2.09. The number of rotatable bonds is 3. The van der Waals surface area contributed by atoms with Crippen LogP contribution < -0.4 is 5.32 Å². The predicted molar refractivity (Wildman–Crippen MR) is 77.9 cm³/mol. The molecule has 2 aromatic rings. The van der Waals surface area contributed by atoms with Crippen molar-refractivity contribution in [3.05, 3.63) is 63.9 Å². The number of hydrogen-bond donors (Lipinski definition) is 1. The Hall–Kier alpha value is -1.68. The molecule has 0 aliphatic rings. The largest absolute Gasteiger partial charge is 0.321 e. The second-order valence-electron chi connectivity index (χ2n) is 4.10. The number of benzene rings is 2. The van der Waals surface area contributed by atoms with Crippen molar-refractivity contribution in [1.29, 1.82) is 0 Å². The van der Waals surface area contributed by atoms with Crippen molar-refractivity contribution >= 4 is 27.5 Å². The minimum Gasteiger partial charge on any atom is -0.321 e. The number of anilines is 1. The molecular formula is C15H13BrFNO. The Morgan fingerprint density at radius 2 is 2.00 bits per heavy atom. The standard InChI is InChI=1S/C15H13BrFNO/c1-2-10-7-8-14(12(16)9-10)18-15(19)11-5-3-4-6-13(11)17/h3-9H,2H2,1H3,(H,18,19). The van der Waals surface area contributed by atoms with Crippen LogP contribution in [0.2, 0.25) is 0 Å². The van der Waals surface area contributed by atoms with E-state index in [1.54, 1.807) is 12.1 Å². The smallest absolute Gasteiger partial charge is 0.258 e. The van der Waals surface area contributed by atoms with Gasteiger partial charge in [-0.05, 0) is 52.2 Å². The molecule has 0 atom stereocenters. The maximum atomic E-state index is 13.5. The molecule has 0 unspecified atom stereocenters. The summed E-state index contributed by atoms with van der Waals surface area (Å²) >= 11 is 3.40. The molecule has 0 heterocycles. The van der Waals surface area contributed by atoms with Crippen LogP contribution >= 0.6 is 15.9 Å². The lowest BCUT2D eigenvalue weighted by atomic mass is 10.1. The summed E-state index contributed by atoms with van der Waals surface area (Å²) in [5.74, 6) is -0.982. The first kappa shape index (κ1) is 13.7. The van der Waals surface area contributed by atoms with E-state index in [9.17, 15) is 9.18 Å². The Balaban J connectivity index is 2.22. The lowest BCUT2D eigenvalue weighted by molar-refractivity contribution is 0.102. The number of aryl methyl sites for hydroxylation is 1. The van der Waals surface area contributed by atoms with Crippen LogP contribution in [0.4, 0.5) is 10.1 Å². The summed E-state index contributed by atoms with van der Waals surface area (Å²) in [6.07, 6.45) is 0.917. The molecule has 0 bridgehead atoms. The molecule has 19 heavy (non-hydrogen) atoms. The second kappa shape index (κ2) is 5.97. The van der Waals surface area contributed by atoms with E-state index in [1.807, 2.05) is 18.2 Å². The zero-order valence-electron chi connectivity index (χ0n) is 10.4. The maximum absolute atomic E-state index is 13.5. The van der Waals surface area contributed by atoms with Crippen LogP contribution in [0.1, 0.15) is 22.8 Å². The van der Waals surface area contributed by atoms with Crippen LogP contribution in [0.5, 0.6) is 0 Å². The topological polar surface area (TPSA) is 29.1 Å². The molecule has 2 rings (SSSR count). The molecule has 4 heteroatoms. The number of carbonyl (C=O) groups is 1. The molecule has 2 nitrogen and oxygen atoms in total. The van der Waals surface area contributed by atoms with Gasteiger partial charge in [0, 0.05) is 4.47 Å². The van der Waals surface area contributed by atoms with Crippen molar-refractivity contribution in [3.63, 3.8) is 0 Å². The average molecular weight is 322 g/mol. The van der Waals surface area contributed by atoms with Crippen molar-refractivity contribution in [2.45, 2.75) is 13.3 Å². The normalized spacial score (nSPS) is 10.3. The predicted octanol–water partition coefficient (Wildman–Crippen LogP) is 4.40. The fraction of sp³-hybridized carbons (Fsp3) is 0.133. The molecule has 0 aliphatic heterocycles. The summed E-state index contributed by atoms with van der Waals surface area (Å²) < 4.78 is 14.3. The number of nitrogens with one attached hydrogen (secondary N) is 1. The molecule has 0 saturated heterocycles. The molecule has 0 spiro atoms. The molecule has 1 N–H and O–H groups in total. The van der Waals surface area contributed by atoms with Gasteiger partial charge in [-0.15, -0.1) is 0 Å². The summed E-state index contributed by atoms with van der Waals surface area (Å²) in [5, 5.41) is 2.69. The minimum atomic E-state index is -0.527. The Morgan fingerprint density at radius 3 is 2.63 bits per heavy atom. The van der Waals surface area contributed by atoms with E-state index in [-0.39, 0.29) is 5.56 Å². The molecule has 0 saturated carbocycles. The van der Waals surface area contributed by atoms with Crippen LogP contribution in [0, 0.1) is 5.82 Å². The SMILES string of the molecule is CCc1ccc(NC(=O)c2ccccc2F)c(Br)c1. The number of amides is 1. The summed E-state index contributed by atoms with van der Waals surface area (Å²) in [7, 11) is 0. The number of carbonyl (C=O) groups excluding carboxylic acids is 1. The monoisotopic (exact) mass is 321 g/mol. The van der Waals surface area contributed by atoms with Gasteiger partial charge < -0.3 is 5.32 Å². The number of halogens is 2. The van der Waals surface area contributed by atoms with Crippen molar-refractivity contribution in [1.82, 2.24) is 0 Å². The molecule has 2 aromatic carbocycles. The zero-order chi connectivity index (χ0) is 13.8. The Kier molecular flexibility index (Phi) is 4.32. The Morgan fingerprint density at radius 1 is 1.26 bits per heavy atom. The van der Waals surface area contributed by atoms with Crippen LogP contribution in [-0.2, 0) is 6.42 Å². The van der Waals surface area contributed by atoms with Gasteiger partial charge in [0.2, 0.25) is 0 Å². The van der Waals surface area contributed by atoms with Crippen LogP contribution in [0.3, 0.4) is 0 Å². The molecule has 0 fully saturated rings. The molecule has 0 radical (unpaired) electrons. The molecule has 0 aliphatic carbocycles. The average Bonchev–Trinajstić information content (AvgIpc) is 2.41. The van der Waals surface area contributed by atoms with E-state index < -0.39 is 11.7 Å². The highest BCUT2D eigenvalue weighted by molar-refractivity contribution is 9.10. The number of hydrogen-bond acceptors (Lipinski definition) is 1.